The third-order valence-electron chi connectivity index (χ3n) is 5.55. The second kappa shape index (κ2) is 7.71. The normalized spacial score (nSPS) is 15.9. The molecule has 0 amide bonds. The zero-order valence-electron chi connectivity index (χ0n) is 16.3. The van der Waals surface area contributed by atoms with Gasteiger partial charge in [-0.3, -0.25) is 9.36 Å². The van der Waals surface area contributed by atoms with Gasteiger partial charge in [-0.25, -0.2) is 18.6 Å². The highest BCUT2D eigenvalue weighted by Crippen LogP contribution is 2.27. The number of rotatable bonds is 4. The van der Waals surface area contributed by atoms with Gasteiger partial charge in [0.2, 0.25) is 5.43 Å². The molecule has 8 nitrogen and oxygen atoms in total. The van der Waals surface area contributed by atoms with Gasteiger partial charge in [0.25, 0.3) is 0 Å². The van der Waals surface area contributed by atoms with Crippen LogP contribution in [0.1, 0.15) is 23.2 Å². The molecule has 0 unspecified atom stereocenters. The Morgan fingerprint density at radius 2 is 1.87 bits per heavy atom. The fourth-order valence-electron chi connectivity index (χ4n) is 3.69. The number of carboxylic acids is 1. The van der Waals surface area contributed by atoms with Gasteiger partial charge in [0.15, 0.2) is 5.65 Å². The third-order valence-corrected chi connectivity index (χ3v) is 5.55. The summed E-state index contributed by atoms with van der Waals surface area (Å²) >= 11 is 0. The van der Waals surface area contributed by atoms with Crippen molar-refractivity contribution < 1.29 is 28.9 Å². The number of anilines is 1. The standard InChI is InChI=1S/C21H19F2N3O5/c22-12-1-3-16(15(23)9-12)26-10-14(20(29)30)18(28)13-2-4-17(24-19(13)26)25-7-5-21(31,11-27)6-8-25/h1-4,9-10,27,31H,5-8,11H2,(H,29,30). The molecule has 0 radical (unpaired) electrons. The molecule has 3 heterocycles. The van der Waals surface area contributed by atoms with Crippen molar-refractivity contribution in [1.29, 1.82) is 0 Å². The molecule has 1 aromatic carbocycles. The van der Waals surface area contributed by atoms with Crippen molar-refractivity contribution in [3.8, 4) is 5.69 Å². The number of benzene rings is 1. The fourth-order valence-corrected chi connectivity index (χ4v) is 3.69. The Hall–Kier alpha value is -3.37. The molecule has 0 spiro atoms. The second-order valence-corrected chi connectivity index (χ2v) is 7.55. The third kappa shape index (κ3) is 3.75. The summed E-state index contributed by atoms with van der Waals surface area (Å²) in [4.78, 5) is 30.5. The zero-order valence-corrected chi connectivity index (χ0v) is 16.3. The first kappa shape index (κ1) is 20.9. The van der Waals surface area contributed by atoms with E-state index in [0.717, 1.165) is 22.9 Å². The number of nitrogens with zero attached hydrogens (tertiary/aromatic N) is 3. The predicted molar refractivity (Wildman–Crippen MR) is 108 cm³/mol. The van der Waals surface area contributed by atoms with E-state index >= 15 is 0 Å². The summed E-state index contributed by atoms with van der Waals surface area (Å²) in [5.41, 5.74) is -2.65. The van der Waals surface area contributed by atoms with E-state index in [9.17, 15) is 33.7 Å². The number of aliphatic hydroxyl groups is 2. The van der Waals surface area contributed by atoms with Crippen molar-refractivity contribution in [2.24, 2.45) is 0 Å². The van der Waals surface area contributed by atoms with Gasteiger partial charge >= 0.3 is 5.97 Å². The Morgan fingerprint density at radius 1 is 1.16 bits per heavy atom. The van der Waals surface area contributed by atoms with Gasteiger partial charge in [0.05, 0.1) is 23.3 Å². The van der Waals surface area contributed by atoms with Crippen LogP contribution >= 0.6 is 0 Å². The SMILES string of the molecule is O=C(O)c1cn(-c2ccc(F)cc2F)c2nc(N3CCC(O)(CO)CC3)ccc2c1=O. The lowest BCUT2D eigenvalue weighted by Crippen LogP contribution is -2.46. The summed E-state index contributed by atoms with van der Waals surface area (Å²) in [5.74, 6) is -2.79. The van der Waals surface area contributed by atoms with Crippen molar-refractivity contribution >= 4 is 22.8 Å². The van der Waals surface area contributed by atoms with Crippen LogP contribution in [-0.4, -0.2) is 56.1 Å². The number of pyridine rings is 2. The summed E-state index contributed by atoms with van der Waals surface area (Å²) in [6.07, 6.45) is 1.59. The monoisotopic (exact) mass is 431 g/mol. The van der Waals surface area contributed by atoms with E-state index in [2.05, 4.69) is 4.98 Å². The minimum Gasteiger partial charge on any atom is -0.477 e. The minimum absolute atomic E-state index is 0.0148. The Morgan fingerprint density at radius 3 is 2.48 bits per heavy atom. The number of carbonyl (C=O) groups is 1. The van der Waals surface area contributed by atoms with Crippen LogP contribution in [0, 0.1) is 11.6 Å². The fraction of sp³-hybridized carbons (Fsp3) is 0.286. The maximum absolute atomic E-state index is 14.5. The summed E-state index contributed by atoms with van der Waals surface area (Å²) in [7, 11) is 0. The van der Waals surface area contributed by atoms with Crippen LogP contribution in [0.25, 0.3) is 16.7 Å². The van der Waals surface area contributed by atoms with Crippen LogP contribution in [0.5, 0.6) is 0 Å². The van der Waals surface area contributed by atoms with Crippen LogP contribution in [-0.2, 0) is 0 Å². The van der Waals surface area contributed by atoms with Crippen molar-refractivity contribution in [3.63, 3.8) is 0 Å². The van der Waals surface area contributed by atoms with E-state index in [1.807, 2.05) is 4.90 Å². The van der Waals surface area contributed by atoms with Crippen LogP contribution in [0.15, 0.2) is 41.3 Å². The maximum Gasteiger partial charge on any atom is 0.341 e. The molecule has 3 N–H and O–H groups in total. The van der Waals surface area contributed by atoms with Gasteiger partial charge in [-0.2, -0.15) is 0 Å². The summed E-state index contributed by atoms with van der Waals surface area (Å²) < 4.78 is 29.0. The molecule has 1 aliphatic heterocycles. The van der Waals surface area contributed by atoms with E-state index in [4.69, 9.17) is 0 Å². The summed E-state index contributed by atoms with van der Waals surface area (Å²) in [6, 6.07) is 5.77. The molecule has 0 bridgehead atoms. The Kier molecular flexibility index (Phi) is 5.19. The topological polar surface area (TPSA) is 116 Å². The molecule has 2 aromatic heterocycles. The molecular formula is C21H19F2N3O5. The van der Waals surface area contributed by atoms with Gasteiger partial charge in [-0.05, 0) is 37.1 Å². The first-order valence-corrected chi connectivity index (χ1v) is 9.56. The number of fused-ring (bicyclic) bond motifs is 1. The highest BCUT2D eigenvalue weighted by molar-refractivity contribution is 5.92. The molecule has 1 fully saturated rings. The molecule has 0 saturated carbocycles. The number of carboxylic acid groups (broad SMARTS) is 1. The second-order valence-electron chi connectivity index (χ2n) is 7.55. The minimum atomic E-state index is -1.48. The number of aromatic carboxylic acids is 1. The molecule has 10 heteroatoms. The average molecular weight is 431 g/mol. The summed E-state index contributed by atoms with van der Waals surface area (Å²) in [6.45, 7) is 0.420. The van der Waals surface area contributed by atoms with E-state index in [1.165, 1.54) is 6.07 Å². The lowest BCUT2D eigenvalue weighted by molar-refractivity contribution is -0.0326. The predicted octanol–water partition coefficient (Wildman–Crippen LogP) is 1.69. The molecule has 0 aliphatic carbocycles. The number of piperidine rings is 1. The number of halogens is 2. The van der Waals surface area contributed by atoms with Gasteiger partial charge in [0, 0.05) is 25.4 Å². The van der Waals surface area contributed by atoms with Crippen LogP contribution in [0.3, 0.4) is 0 Å². The number of hydrogen-bond donors (Lipinski definition) is 3. The number of aliphatic hydroxyl groups excluding tert-OH is 1. The first-order chi connectivity index (χ1) is 14.7. The van der Waals surface area contributed by atoms with E-state index in [0.29, 0.717) is 37.8 Å². The van der Waals surface area contributed by atoms with Crippen molar-refractivity contribution in [3.05, 3.63) is 63.9 Å². The molecule has 31 heavy (non-hydrogen) atoms. The Bertz CT molecular complexity index is 1240. The van der Waals surface area contributed by atoms with E-state index < -0.39 is 34.2 Å². The molecule has 162 valence electrons. The largest absolute Gasteiger partial charge is 0.477 e. The molecular weight excluding hydrogens is 412 g/mol. The lowest BCUT2D eigenvalue weighted by Gasteiger charge is -2.37. The highest BCUT2D eigenvalue weighted by Gasteiger charge is 2.32. The van der Waals surface area contributed by atoms with Gasteiger partial charge in [-0.1, -0.05) is 0 Å². The average Bonchev–Trinajstić information content (AvgIpc) is 2.75. The number of hydrogen-bond acceptors (Lipinski definition) is 6. The van der Waals surface area contributed by atoms with Gasteiger partial charge in [-0.15, -0.1) is 0 Å². The zero-order chi connectivity index (χ0) is 22.3. The van der Waals surface area contributed by atoms with E-state index in [-0.39, 0.29) is 23.3 Å². The van der Waals surface area contributed by atoms with E-state index in [1.54, 1.807) is 6.07 Å². The smallest absolute Gasteiger partial charge is 0.341 e. The van der Waals surface area contributed by atoms with Crippen molar-refractivity contribution in [2.75, 3.05) is 24.6 Å². The molecule has 1 saturated heterocycles. The lowest BCUT2D eigenvalue weighted by atomic mass is 9.92. The molecule has 4 rings (SSSR count). The summed E-state index contributed by atoms with van der Waals surface area (Å²) in [5, 5.41) is 28.9. The highest BCUT2D eigenvalue weighted by atomic mass is 19.1. The van der Waals surface area contributed by atoms with Crippen LogP contribution in [0.4, 0.5) is 14.6 Å². The van der Waals surface area contributed by atoms with Gasteiger partial charge < -0.3 is 20.2 Å². The Labute approximate surface area is 174 Å². The molecule has 1 aliphatic rings. The molecule has 3 aromatic rings. The van der Waals surface area contributed by atoms with Crippen LogP contribution < -0.4 is 10.3 Å². The quantitative estimate of drug-likeness (QED) is 0.576. The van der Waals surface area contributed by atoms with Crippen molar-refractivity contribution in [2.45, 2.75) is 18.4 Å². The Balaban J connectivity index is 1.89. The van der Waals surface area contributed by atoms with Crippen LogP contribution in [0.2, 0.25) is 0 Å². The van der Waals surface area contributed by atoms with Crippen molar-refractivity contribution in [1.82, 2.24) is 9.55 Å². The first-order valence-electron chi connectivity index (χ1n) is 9.56. The maximum atomic E-state index is 14.5. The van der Waals surface area contributed by atoms with Gasteiger partial charge in [0.1, 0.15) is 23.0 Å². The molecule has 0 atom stereocenters. The number of aromatic nitrogens is 2.